The Morgan fingerprint density at radius 2 is 1.75 bits per heavy atom. The molecule has 7 nitrogen and oxygen atoms in total. The van der Waals surface area contributed by atoms with E-state index in [9.17, 15) is 14.7 Å². The third kappa shape index (κ3) is 3.69. The van der Waals surface area contributed by atoms with Crippen LogP contribution in [0.3, 0.4) is 0 Å². The van der Waals surface area contributed by atoms with Crippen LogP contribution < -0.4 is 5.32 Å². The summed E-state index contributed by atoms with van der Waals surface area (Å²) in [6.07, 6.45) is 9.01. The standard InChI is InChI=1S/C21H24N4O3/c26-20(16-6-3-4-7-17(16)21(27)28)22-15-11-9-14(10-12-15)19-24-23-18-8-2-1-5-13-25(18)19/h3-4,9-12,16-17H,1-2,5-8,13H2,(H,22,26)(H,27,28)/t16-,17+/m1/s1. The number of nitrogens with one attached hydrogen (secondary N) is 1. The van der Waals surface area contributed by atoms with Gasteiger partial charge in [0.25, 0.3) is 0 Å². The van der Waals surface area contributed by atoms with Gasteiger partial charge in [-0.05, 0) is 49.9 Å². The summed E-state index contributed by atoms with van der Waals surface area (Å²) in [5.41, 5.74) is 1.62. The number of anilines is 1. The van der Waals surface area contributed by atoms with E-state index in [0.717, 1.165) is 43.0 Å². The lowest BCUT2D eigenvalue weighted by Gasteiger charge is -2.24. The summed E-state index contributed by atoms with van der Waals surface area (Å²) in [7, 11) is 0. The Bertz CT molecular complexity index is 901. The van der Waals surface area contributed by atoms with Crippen molar-refractivity contribution in [1.82, 2.24) is 14.8 Å². The number of amides is 1. The molecule has 1 aliphatic carbocycles. The zero-order valence-electron chi connectivity index (χ0n) is 15.7. The second-order valence-corrected chi connectivity index (χ2v) is 7.46. The molecule has 0 bridgehead atoms. The van der Waals surface area contributed by atoms with Gasteiger partial charge in [-0.15, -0.1) is 10.2 Å². The smallest absolute Gasteiger partial charge is 0.307 e. The number of benzene rings is 1. The van der Waals surface area contributed by atoms with Gasteiger partial charge in [0, 0.05) is 24.2 Å². The first-order valence-electron chi connectivity index (χ1n) is 9.84. The van der Waals surface area contributed by atoms with Crippen molar-refractivity contribution in [3.05, 3.63) is 42.2 Å². The monoisotopic (exact) mass is 380 g/mol. The summed E-state index contributed by atoms with van der Waals surface area (Å²) in [6, 6.07) is 7.51. The fraction of sp³-hybridized carbons (Fsp3) is 0.429. The summed E-state index contributed by atoms with van der Waals surface area (Å²) in [4.78, 5) is 24.0. The minimum atomic E-state index is -0.924. The number of allylic oxidation sites excluding steroid dienone is 2. The molecule has 7 heteroatoms. The fourth-order valence-corrected chi connectivity index (χ4v) is 4.01. The number of rotatable bonds is 4. The topological polar surface area (TPSA) is 97.1 Å². The van der Waals surface area contributed by atoms with Crippen molar-refractivity contribution in [2.24, 2.45) is 11.8 Å². The Morgan fingerprint density at radius 3 is 2.50 bits per heavy atom. The van der Waals surface area contributed by atoms with Gasteiger partial charge in [-0.3, -0.25) is 9.59 Å². The van der Waals surface area contributed by atoms with Crippen molar-refractivity contribution in [2.45, 2.75) is 45.1 Å². The van der Waals surface area contributed by atoms with E-state index in [4.69, 9.17) is 0 Å². The van der Waals surface area contributed by atoms with Crippen molar-refractivity contribution in [2.75, 3.05) is 5.32 Å². The quantitative estimate of drug-likeness (QED) is 0.794. The molecule has 146 valence electrons. The molecule has 1 aromatic carbocycles. The molecule has 1 aromatic heterocycles. The number of carboxylic acids is 1. The predicted octanol–water partition coefficient (Wildman–Crippen LogP) is 3.28. The van der Waals surface area contributed by atoms with Crippen LogP contribution >= 0.6 is 0 Å². The van der Waals surface area contributed by atoms with E-state index in [-0.39, 0.29) is 5.91 Å². The van der Waals surface area contributed by atoms with Gasteiger partial charge in [0.05, 0.1) is 11.8 Å². The number of aliphatic carboxylic acids is 1. The van der Waals surface area contributed by atoms with Gasteiger partial charge in [-0.2, -0.15) is 0 Å². The Kier molecular flexibility index (Phi) is 5.23. The maximum atomic E-state index is 12.6. The number of carbonyl (C=O) groups is 2. The van der Waals surface area contributed by atoms with Crippen LogP contribution in [-0.2, 0) is 22.6 Å². The van der Waals surface area contributed by atoms with E-state index < -0.39 is 17.8 Å². The number of aromatic nitrogens is 3. The van der Waals surface area contributed by atoms with E-state index >= 15 is 0 Å². The number of hydrogen-bond acceptors (Lipinski definition) is 4. The molecule has 0 saturated carbocycles. The van der Waals surface area contributed by atoms with Crippen molar-refractivity contribution < 1.29 is 14.7 Å². The summed E-state index contributed by atoms with van der Waals surface area (Å²) in [6.45, 7) is 0.932. The van der Waals surface area contributed by atoms with Crippen LogP contribution in [0.4, 0.5) is 5.69 Å². The van der Waals surface area contributed by atoms with Gasteiger partial charge in [-0.25, -0.2) is 0 Å². The summed E-state index contributed by atoms with van der Waals surface area (Å²) in [5, 5.41) is 20.9. The lowest BCUT2D eigenvalue weighted by molar-refractivity contribution is -0.146. The average molecular weight is 380 g/mol. The molecule has 28 heavy (non-hydrogen) atoms. The number of fused-ring (bicyclic) bond motifs is 1. The third-order valence-electron chi connectivity index (χ3n) is 5.61. The molecule has 1 amide bonds. The molecule has 0 radical (unpaired) electrons. The molecule has 2 N–H and O–H groups in total. The highest BCUT2D eigenvalue weighted by Gasteiger charge is 2.33. The first kappa shape index (κ1) is 18.4. The maximum absolute atomic E-state index is 12.6. The predicted molar refractivity (Wildman–Crippen MR) is 105 cm³/mol. The Hall–Kier alpha value is -2.96. The first-order valence-corrected chi connectivity index (χ1v) is 9.84. The zero-order chi connectivity index (χ0) is 19.5. The Balaban J connectivity index is 1.48. The SMILES string of the molecule is O=C(O)[C@H]1CC=CC[C@H]1C(=O)Nc1ccc(-c2nnc3n2CCCCC3)cc1. The molecule has 4 rings (SSSR count). The lowest BCUT2D eigenvalue weighted by Crippen LogP contribution is -2.34. The number of nitrogens with zero attached hydrogens (tertiary/aromatic N) is 3. The number of carbonyl (C=O) groups excluding carboxylic acids is 1. The molecule has 0 fully saturated rings. The highest BCUT2D eigenvalue weighted by Crippen LogP contribution is 2.28. The normalized spacial score (nSPS) is 21.6. The molecular formula is C21H24N4O3. The molecule has 0 spiro atoms. The van der Waals surface area contributed by atoms with Crippen LogP contribution in [0.15, 0.2) is 36.4 Å². The van der Waals surface area contributed by atoms with Crippen molar-refractivity contribution in [3.63, 3.8) is 0 Å². The first-order chi connectivity index (χ1) is 13.6. The second-order valence-electron chi connectivity index (χ2n) is 7.46. The van der Waals surface area contributed by atoms with Crippen molar-refractivity contribution >= 4 is 17.6 Å². The van der Waals surface area contributed by atoms with Crippen LogP contribution in [-0.4, -0.2) is 31.7 Å². The molecular weight excluding hydrogens is 356 g/mol. The molecule has 2 heterocycles. The van der Waals surface area contributed by atoms with Gasteiger partial charge < -0.3 is 15.0 Å². The molecule has 2 atom stereocenters. The average Bonchev–Trinajstić information content (AvgIpc) is 2.96. The van der Waals surface area contributed by atoms with E-state index in [2.05, 4.69) is 20.1 Å². The van der Waals surface area contributed by atoms with E-state index in [0.29, 0.717) is 18.5 Å². The van der Waals surface area contributed by atoms with Gasteiger partial charge >= 0.3 is 5.97 Å². The maximum Gasteiger partial charge on any atom is 0.307 e. The lowest BCUT2D eigenvalue weighted by atomic mass is 9.82. The highest BCUT2D eigenvalue weighted by molar-refractivity contribution is 5.95. The van der Waals surface area contributed by atoms with Crippen LogP contribution in [0.2, 0.25) is 0 Å². The molecule has 2 aliphatic rings. The molecule has 1 aliphatic heterocycles. The minimum Gasteiger partial charge on any atom is -0.481 e. The largest absolute Gasteiger partial charge is 0.481 e. The van der Waals surface area contributed by atoms with Crippen LogP contribution in [0, 0.1) is 11.8 Å². The number of carboxylic acid groups (broad SMARTS) is 1. The highest BCUT2D eigenvalue weighted by atomic mass is 16.4. The Morgan fingerprint density at radius 1 is 1.00 bits per heavy atom. The van der Waals surface area contributed by atoms with Gasteiger partial charge in [0.15, 0.2) is 5.82 Å². The minimum absolute atomic E-state index is 0.249. The van der Waals surface area contributed by atoms with Gasteiger partial charge in [0.1, 0.15) is 5.82 Å². The van der Waals surface area contributed by atoms with Crippen molar-refractivity contribution in [3.8, 4) is 11.4 Å². The third-order valence-corrected chi connectivity index (χ3v) is 5.61. The summed E-state index contributed by atoms with van der Waals surface area (Å²) in [5.74, 6) is -0.494. The number of hydrogen-bond donors (Lipinski definition) is 2. The van der Waals surface area contributed by atoms with E-state index in [1.54, 1.807) is 0 Å². The second kappa shape index (κ2) is 7.96. The van der Waals surface area contributed by atoms with Gasteiger partial charge in [0.2, 0.25) is 5.91 Å². The Labute approximate surface area is 163 Å². The van der Waals surface area contributed by atoms with Crippen molar-refractivity contribution in [1.29, 1.82) is 0 Å². The number of aryl methyl sites for hydroxylation is 1. The zero-order valence-corrected chi connectivity index (χ0v) is 15.7. The van der Waals surface area contributed by atoms with E-state index in [1.165, 1.54) is 6.42 Å². The van der Waals surface area contributed by atoms with E-state index in [1.807, 2.05) is 36.4 Å². The molecule has 2 aromatic rings. The molecule has 0 saturated heterocycles. The van der Waals surface area contributed by atoms with Crippen LogP contribution in [0.5, 0.6) is 0 Å². The van der Waals surface area contributed by atoms with Gasteiger partial charge in [-0.1, -0.05) is 18.6 Å². The van der Waals surface area contributed by atoms with Crippen LogP contribution in [0.1, 0.15) is 37.9 Å². The summed E-state index contributed by atoms with van der Waals surface area (Å²) < 4.78 is 2.19. The fourth-order valence-electron chi connectivity index (χ4n) is 4.01. The summed E-state index contributed by atoms with van der Waals surface area (Å²) >= 11 is 0. The molecule has 0 unspecified atom stereocenters. The van der Waals surface area contributed by atoms with Crippen LogP contribution in [0.25, 0.3) is 11.4 Å².